The van der Waals surface area contributed by atoms with Crippen LogP contribution in [0.2, 0.25) is 0 Å². The van der Waals surface area contributed by atoms with Crippen molar-refractivity contribution in [1.82, 2.24) is 9.78 Å². The number of nitrogens with two attached hydrogens (primary N) is 1. The van der Waals surface area contributed by atoms with Gasteiger partial charge in [-0.05, 0) is 62.7 Å². The molecule has 10 heteroatoms. The van der Waals surface area contributed by atoms with E-state index in [1.165, 1.54) is 6.07 Å². The van der Waals surface area contributed by atoms with E-state index in [4.69, 9.17) is 15.4 Å². The van der Waals surface area contributed by atoms with Crippen LogP contribution >= 0.6 is 0 Å². The topological polar surface area (TPSA) is 119 Å². The minimum absolute atomic E-state index is 0.109. The second-order valence-electron chi connectivity index (χ2n) is 9.33. The lowest BCUT2D eigenvalue weighted by Gasteiger charge is -2.21. The Hall–Kier alpha value is -4.73. The molecule has 4 N–H and O–H groups in total. The van der Waals surface area contributed by atoms with Crippen LogP contribution in [0.15, 0.2) is 63.0 Å². The predicted octanol–water partition coefficient (Wildman–Crippen LogP) is 5.51. The number of hydrogen-bond donors (Lipinski definition) is 3. The number of rotatable bonds is 5. The third-order valence-corrected chi connectivity index (χ3v) is 6.57. The maximum absolute atomic E-state index is 14.6. The van der Waals surface area contributed by atoms with E-state index >= 15 is 0 Å². The normalized spacial score (nSPS) is 12.8. The summed E-state index contributed by atoms with van der Waals surface area (Å²) in [4.78, 5) is 13.5. The number of hydrogen-bond acceptors (Lipinski definition) is 6. The molecule has 0 saturated carbocycles. The lowest BCUT2D eigenvalue weighted by Crippen LogP contribution is -2.20. The van der Waals surface area contributed by atoms with Gasteiger partial charge in [-0.15, -0.1) is 0 Å². The Morgan fingerprint density at radius 3 is 2.68 bits per heavy atom. The molecule has 0 amide bonds. The lowest BCUT2D eigenvalue weighted by molar-refractivity contribution is 0.318. The molecule has 2 aromatic heterocycles. The number of anilines is 1. The molecule has 5 aromatic rings. The summed E-state index contributed by atoms with van der Waals surface area (Å²) in [6.45, 7) is 5.36. The van der Waals surface area contributed by atoms with E-state index in [9.17, 15) is 13.6 Å². The van der Waals surface area contributed by atoms with E-state index in [2.05, 4.69) is 15.6 Å². The summed E-state index contributed by atoms with van der Waals surface area (Å²) in [6.07, 6.45) is 1.88. The molecule has 5 rings (SSSR count). The number of aromatic nitrogens is 2. The number of nitrogens with zero attached hydrogens (tertiary/aromatic N) is 3. The van der Waals surface area contributed by atoms with Gasteiger partial charge >= 0.3 is 0 Å². The molecule has 3 aromatic carbocycles. The molecule has 0 saturated heterocycles. The highest BCUT2D eigenvalue weighted by atomic mass is 19.2. The Bertz CT molecular complexity index is 1820. The standard InChI is InChI=1S/C28H25F2N5O3/c1-13-9-18(15(3)32-22-8-6-20(29)24(30)23(22)28(31)34-37)27-19(10-13)25(36)14(2)26(38-27)16-5-7-21-17(11-16)12-35(4)33-21/h5-12,15,32,37H,1-4H3,(H2,31,34)/t15-/m1/s1. The van der Waals surface area contributed by atoms with Crippen molar-refractivity contribution in [2.75, 3.05) is 5.32 Å². The Morgan fingerprint density at radius 1 is 1.18 bits per heavy atom. The number of amidine groups is 1. The molecule has 0 aliphatic heterocycles. The first-order valence-corrected chi connectivity index (χ1v) is 11.8. The maximum atomic E-state index is 14.6. The van der Waals surface area contributed by atoms with Crippen LogP contribution in [0.3, 0.4) is 0 Å². The third-order valence-electron chi connectivity index (χ3n) is 6.57. The molecule has 0 unspecified atom stereocenters. The fourth-order valence-electron chi connectivity index (χ4n) is 4.74. The van der Waals surface area contributed by atoms with Gasteiger partial charge < -0.3 is 20.7 Å². The highest BCUT2D eigenvalue weighted by molar-refractivity contribution is 6.02. The second-order valence-corrected chi connectivity index (χ2v) is 9.33. The predicted molar refractivity (Wildman–Crippen MR) is 143 cm³/mol. The number of nitrogens with one attached hydrogen (secondary N) is 1. The SMILES string of the molecule is Cc1cc([C@@H](C)Nc2ccc(F)c(F)c2C(N)=NO)c2oc(-c3ccc4nn(C)cc4c3)c(C)c(=O)c2c1. The number of oxime groups is 1. The van der Waals surface area contributed by atoms with Gasteiger partial charge in [-0.1, -0.05) is 11.2 Å². The van der Waals surface area contributed by atoms with Gasteiger partial charge in [0.25, 0.3) is 0 Å². The van der Waals surface area contributed by atoms with Gasteiger partial charge in [0.15, 0.2) is 22.9 Å². The first kappa shape index (κ1) is 24.9. The van der Waals surface area contributed by atoms with Crippen molar-refractivity contribution in [3.8, 4) is 11.3 Å². The Labute approximate surface area is 216 Å². The van der Waals surface area contributed by atoms with Crippen molar-refractivity contribution in [3.63, 3.8) is 0 Å². The van der Waals surface area contributed by atoms with Crippen LogP contribution < -0.4 is 16.5 Å². The van der Waals surface area contributed by atoms with Gasteiger partial charge in [-0.2, -0.15) is 5.10 Å². The molecule has 0 radical (unpaired) electrons. The molecule has 0 fully saturated rings. The summed E-state index contributed by atoms with van der Waals surface area (Å²) < 4.78 is 36.6. The van der Waals surface area contributed by atoms with E-state index in [1.54, 1.807) is 24.6 Å². The van der Waals surface area contributed by atoms with Gasteiger partial charge in [-0.25, -0.2) is 8.78 Å². The van der Waals surface area contributed by atoms with E-state index in [1.807, 2.05) is 44.4 Å². The highest BCUT2D eigenvalue weighted by Crippen LogP contribution is 2.34. The van der Waals surface area contributed by atoms with Crippen LogP contribution in [0.5, 0.6) is 0 Å². The van der Waals surface area contributed by atoms with Crippen LogP contribution in [-0.2, 0) is 7.05 Å². The van der Waals surface area contributed by atoms with Crippen molar-refractivity contribution in [1.29, 1.82) is 0 Å². The average Bonchev–Trinajstić information content (AvgIpc) is 3.27. The Kier molecular flexibility index (Phi) is 6.10. The minimum Gasteiger partial charge on any atom is -0.455 e. The molecule has 0 aliphatic carbocycles. The molecular weight excluding hydrogens is 492 g/mol. The molecule has 0 aliphatic rings. The number of aryl methyl sites for hydroxylation is 2. The Balaban J connectivity index is 1.67. The maximum Gasteiger partial charge on any atom is 0.196 e. The van der Waals surface area contributed by atoms with Gasteiger partial charge in [0, 0.05) is 41.0 Å². The summed E-state index contributed by atoms with van der Waals surface area (Å²) in [5.74, 6) is -2.54. The zero-order valence-corrected chi connectivity index (χ0v) is 21.1. The average molecular weight is 518 g/mol. The monoisotopic (exact) mass is 517 g/mol. The minimum atomic E-state index is -1.25. The molecule has 38 heavy (non-hydrogen) atoms. The summed E-state index contributed by atoms with van der Waals surface area (Å²) >= 11 is 0. The van der Waals surface area contributed by atoms with Crippen LogP contribution in [0.4, 0.5) is 14.5 Å². The van der Waals surface area contributed by atoms with Gasteiger partial charge in [0.2, 0.25) is 0 Å². The third kappa shape index (κ3) is 4.13. The summed E-state index contributed by atoms with van der Waals surface area (Å²) in [7, 11) is 1.84. The van der Waals surface area contributed by atoms with E-state index in [-0.39, 0.29) is 11.1 Å². The van der Waals surface area contributed by atoms with Crippen molar-refractivity contribution in [3.05, 3.63) is 92.8 Å². The quantitative estimate of drug-likeness (QED) is 0.122. The van der Waals surface area contributed by atoms with Gasteiger partial charge in [0.1, 0.15) is 11.3 Å². The second kappa shape index (κ2) is 9.29. The molecule has 0 spiro atoms. The van der Waals surface area contributed by atoms with Crippen molar-refractivity contribution >= 4 is 33.4 Å². The van der Waals surface area contributed by atoms with Gasteiger partial charge in [-0.3, -0.25) is 9.48 Å². The Morgan fingerprint density at radius 2 is 1.95 bits per heavy atom. The molecule has 0 bridgehead atoms. The molecule has 2 heterocycles. The molecular formula is C28H25F2N5O3. The van der Waals surface area contributed by atoms with Crippen molar-refractivity contribution < 1.29 is 18.4 Å². The van der Waals surface area contributed by atoms with Crippen LogP contribution in [0.1, 0.15) is 35.2 Å². The summed E-state index contributed by atoms with van der Waals surface area (Å²) in [5, 5.41) is 20.7. The molecule has 8 nitrogen and oxygen atoms in total. The van der Waals surface area contributed by atoms with E-state index in [0.717, 1.165) is 28.1 Å². The van der Waals surface area contributed by atoms with Crippen molar-refractivity contribution in [2.24, 2.45) is 17.9 Å². The fourth-order valence-corrected chi connectivity index (χ4v) is 4.74. The largest absolute Gasteiger partial charge is 0.455 e. The fraction of sp³-hybridized carbons (Fsp3) is 0.179. The highest BCUT2D eigenvalue weighted by Gasteiger charge is 2.22. The zero-order chi connectivity index (χ0) is 27.3. The number of fused-ring (bicyclic) bond motifs is 2. The van der Waals surface area contributed by atoms with Crippen LogP contribution in [-0.4, -0.2) is 20.8 Å². The molecule has 194 valence electrons. The first-order chi connectivity index (χ1) is 18.1. The van der Waals surface area contributed by atoms with Crippen LogP contribution in [0.25, 0.3) is 33.2 Å². The molecule has 1 atom stereocenters. The summed E-state index contributed by atoms with van der Waals surface area (Å²) in [5.41, 5.74) is 8.99. The number of benzene rings is 3. The summed E-state index contributed by atoms with van der Waals surface area (Å²) in [6, 6.07) is 11.0. The van der Waals surface area contributed by atoms with Crippen molar-refractivity contribution in [2.45, 2.75) is 26.8 Å². The number of halogens is 2. The van der Waals surface area contributed by atoms with E-state index in [0.29, 0.717) is 27.9 Å². The van der Waals surface area contributed by atoms with Gasteiger partial charge in [0.05, 0.1) is 22.5 Å². The first-order valence-electron chi connectivity index (χ1n) is 11.8. The zero-order valence-electron chi connectivity index (χ0n) is 21.1. The lowest BCUT2D eigenvalue weighted by atomic mass is 9.98. The van der Waals surface area contributed by atoms with Crippen LogP contribution in [0, 0.1) is 25.5 Å². The van der Waals surface area contributed by atoms with E-state index < -0.39 is 29.1 Å². The smallest absolute Gasteiger partial charge is 0.196 e.